The fourth-order valence-corrected chi connectivity index (χ4v) is 12.2. The second kappa shape index (κ2) is 10.0. The van der Waals surface area contributed by atoms with E-state index >= 15 is 0 Å². The van der Waals surface area contributed by atoms with Gasteiger partial charge in [0.2, 0.25) is 23.1 Å². The third kappa shape index (κ3) is 4.40. The van der Waals surface area contributed by atoms with Gasteiger partial charge in [-0.2, -0.15) is 13.2 Å². The first-order valence-electron chi connectivity index (χ1n) is 15.0. The number of benzene rings is 2. The van der Waals surface area contributed by atoms with Crippen molar-refractivity contribution in [2.45, 2.75) is 32.5 Å². The van der Waals surface area contributed by atoms with Crippen molar-refractivity contribution in [3.8, 4) is 15.5 Å². The van der Waals surface area contributed by atoms with Crippen molar-refractivity contribution in [1.82, 2.24) is 0 Å². The first kappa shape index (κ1) is 30.6. The Kier molecular flexibility index (Phi) is 6.26. The van der Waals surface area contributed by atoms with Crippen LogP contribution in [0.4, 0.5) is 13.2 Å². The number of Topliss-reactive ketones (excluding diaryl/α,β-unsaturated/α-hetero) is 4. The summed E-state index contributed by atoms with van der Waals surface area (Å²) in [5.41, 5.74) is 1.77. The Bertz CT molecular complexity index is 2640. The summed E-state index contributed by atoms with van der Waals surface area (Å²) in [6, 6.07) is 12.1. The molecule has 12 heteroatoms. The Hall–Kier alpha value is -4.49. The average molecular weight is 729 g/mol. The molecule has 5 nitrogen and oxygen atoms in total. The summed E-state index contributed by atoms with van der Waals surface area (Å²) in [5.74, 6) is -1.92. The number of hydrogen-bond acceptors (Lipinski definition) is 9. The summed E-state index contributed by atoms with van der Waals surface area (Å²) in [4.78, 5) is 54.5. The minimum absolute atomic E-state index is 0.0116. The van der Waals surface area contributed by atoms with Crippen molar-refractivity contribution >= 4 is 111 Å². The fraction of sp³-hybridized carbons (Fsp3) is 0.135. The molecule has 0 unspecified atom stereocenters. The van der Waals surface area contributed by atoms with E-state index in [1.54, 1.807) is 34.8 Å². The molecule has 4 aromatic heterocycles. The molecular formula is C37H19F3O5S4. The Morgan fingerprint density at radius 2 is 1.20 bits per heavy atom. The van der Waals surface area contributed by atoms with E-state index in [4.69, 9.17) is 4.74 Å². The van der Waals surface area contributed by atoms with E-state index in [0.29, 0.717) is 27.3 Å². The number of ketones is 4. The molecule has 0 bridgehead atoms. The van der Waals surface area contributed by atoms with Crippen LogP contribution in [0.5, 0.6) is 5.75 Å². The quantitative estimate of drug-likeness (QED) is 0.131. The zero-order valence-corrected chi connectivity index (χ0v) is 28.8. The summed E-state index contributed by atoms with van der Waals surface area (Å²) in [6.07, 6.45) is -1.31. The lowest BCUT2D eigenvalue weighted by Gasteiger charge is -2.31. The Morgan fingerprint density at radius 1 is 0.653 bits per heavy atom. The van der Waals surface area contributed by atoms with E-state index in [2.05, 4.69) is 0 Å². The van der Waals surface area contributed by atoms with Crippen LogP contribution in [0.1, 0.15) is 72.1 Å². The molecule has 6 aromatic rings. The second-order valence-electron chi connectivity index (χ2n) is 12.6. The smallest absolute Gasteiger partial charge is 0.416 e. The molecule has 0 atom stereocenters. The zero-order valence-electron chi connectivity index (χ0n) is 25.6. The third-order valence-electron chi connectivity index (χ3n) is 8.96. The maximum Gasteiger partial charge on any atom is 0.416 e. The fourth-order valence-electron chi connectivity index (χ4n) is 6.71. The van der Waals surface area contributed by atoms with Crippen molar-refractivity contribution in [3.05, 3.63) is 97.2 Å². The second-order valence-corrected chi connectivity index (χ2v) is 16.9. The van der Waals surface area contributed by atoms with E-state index in [1.807, 2.05) is 45.0 Å². The highest BCUT2D eigenvalue weighted by atomic mass is 32.1. The predicted octanol–water partition coefficient (Wildman–Crippen LogP) is 10.5. The molecule has 5 heterocycles. The molecule has 2 aliphatic carbocycles. The number of alkyl halides is 3. The van der Waals surface area contributed by atoms with Crippen molar-refractivity contribution in [2.75, 3.05) is 0 Å². The lowest BCUT2D eigenvalue weighted by atomic mass is 9.95. The number of ether oxygens (including phenoxy) is 1. The van der Waals surface area contributed by atoms with E-state index in [-0.39, 0.29) is 16.7 Å². The van der Waals surface area contributed by atoms with Crippen molar-refractivity contribution in [1.29, 1.82) is 0 Å². The number of halogens is 3. The monoisotopic (exact) mass is 728 g/mol. The molecule has 0 N–H and O–H groups in total. The molecule has 0 spiro atoms. The summed E-state index contributed by atoms with van der Waals surface area (Å²) in [5, 5.41) is 0. The highest BCUT2D eigenvalue weighted by Gasteiger charge is 2.41. The maximum absolute atomic E-state index is 13.4. The van der Waals surface area contributed by atoms with Crippen LogP contribution in [0.3, 0.4) is 0 Å². The van der Waals surface area contributed by atoms with E-state index in [9.17, 15) is 32.3 Å². The van der Waals surface area contributed by atoms with Gasteiger partial charge < -0.3 is 4.74 Å². The SMILES string of the molecule is Cc1ccc2c(c1)/C(=C/c1cc3sc4c(c3s1)C(C)(C)Oc1c-4sc3cc(/C=C4\C(=O)C(=O)c5ccc(C(F)(F)F)cc54)sc13)C(=O)C2=O. The number of carbonyl (C=O) groups excluding carboxylic acids is 4. The number of allylic oxidation sites excluding steroid dienone is 2. The molecular weight excluding hydrogens is 710 g/mol. The first-order valence-corrected chi connectivity index (χ1v) is 18.2. The summed E-state index contributed by atoms with van der Waals surface area (Å²) >= 11 is 6.08. The lowest BCUT2D eigenvalue weighted by molar-refractivity contribution is -0.137. The molecule has 0 saturated carbocycles. The van der Waals surface area contributed by atoms with Gasteiger partial charge in [-0.1, -0.05) is 23.8 Å². The Morgan fingerprint density at radius 3 is 1.84 bits per heavy atom. The number of thiophene rings is 4. The minimum Gasteiger partial charge on any atom is -0.480 e. The van der Waals surface area contributed by atoms with Gasteiger partial charge >= 0.3 is 6.18 Å². The van der Waals surface area contributed by atoms with Gasteiger partial charge in [0.15, 0.2) is 5.75 Å². The normalized spacial score (nSPS) is 18.2. The summed E-state index contributed by atoms with van der Waals surface area (Å²) in [7, 11) is 0. The molecule has 0 radical (unpaired) electrons. The molecule has 3 aliphatic rings. The molecule has 1 aliphatic heterocycles. The zero-order chi connectivity index (χ0) is 34.3. The molecule has 0 amide bonds. The van der Waals surface area contributed by atoms with Crippen molar-refractivity contribution in [2.24, 2.45) is 0 Å². The van der Waals surface area contributed by atoms with Gasteiger partial charge in [0.05, 0.1) is 29.4 Å². The first-order chi connectivity index (χ1) is 23.2. The third-order valence-corrected chi connectivity index (χ3v) is 13.8. The van der Waals surface area contributed by atoms with Crippen LogP contribution in [-0.2, 0) is 21.4 Å². The van der Waals surface area contributed by atoms with E-state index < -0.39 is 40.5 Å². The summed E-state index contributed by atoms with van der Waals surface area (Å²) in [6.45, 7) is 5.92. The number of aryl methyl sites for hydroxylation is 1. The van der Waals surface area contributed by atoms with Crippen LogP contribution >= 0.6 is 45.3 Å². The van der Waals surface area contributed by atoms with Crippen LogP contribution in [0.2, 0.25) is 0 Å². The maximum atomic E-state index is 13.4. The Balaban J connectivity index is 1.11. The minimum atomic E-state index is -4.61. The molecule has 0 saturated heterocycles. The van der Waals surface area contributed by atoms with Crippen molar-refractivity contribution in [3.63, 3.8) is 0 Å². The van der Waals surface area contributed by atoms with Crippen LogP contribution in [0.15, 0.2) is 48.5 Å². The molecule has 49 heavy (non-hydrogen) atoms. The van der Waals surface area contributed by atoms with Gasteiger partial charge in [0.25, 0.3) is 0 Å². The largest absolute Gasteiger partial charge is 0.480 e. The van der Waals surface area contributed by atoms with Gasteiger partial charge in [0.1, 0.15) is 5.60 Å². The lowest BCUT2D eigenvalue weighted by Crippen LogP contribution is -2.27. The average Bonchev–Trinajstić information content (AvgIpc) is 3.85. The molecule has 0 fully saturated rings. The van der Waals surface area contributed by atoms with Gasteiger partial charge in [0, 0.05) is 42.3 Å². The van der Waals surface area contributed by atoms with E-state index in [1.165, 1.54) is 28.7 Å². The number of rotatable bonds is 2. The topological polar surface area (TPSA) is 77.5 Å². The van der Waals surface area contributed by atoms with E-state index in [0.717, 1.165) is 62.8 Å². The van der Waals surface area contributed by atoms with Crippen molar-refractivity contribution < 1.29 is 37.1 Å². The van der Waals surface area contributed by atoms with Crippen LogP contribution in [-0.4, -0.2) is 23.1 Å². The highest BCUT2D eigenvalue weighted by molar-refractivity contribution is 7.35. The number of carbonyl (C=O) groups is 4. The van der Waals surface area contributed by atoms with Crippen LogP contribution in [0, 0.1) is 6.92 Å². The Labute approximate surface area is 291 Å². The molecule has 9 rings (SSSR count). The number of hydrogen-bond donors (Lipinski definition) is 0. The number of fused-ring (bicyclic) bond motifs is 9. The van der Waals surface area contributed by atoms with Crippen LogP contribution < -0.4 is 4.74 Å². The standard InChI is InChI=1S/C37H19F3O5S4/c1-14-4-6-18-20(8-14)22(29(43)27(18)41)10-16-12-24-32(46-16)26-34(48-24)35-31(45-36(26,2)3)33-25(49-35)13-17(47-33)11-23-21-9-15(37(38,39)40)5-7-19(21)28(42)30(23)44/h4-13H,1-3H3/b22-10-,23-11-. The van der Waals surface area contributed by atoms with Gasteiger partial charge in [-0.15, -0.1) is 45.3 Å². The van der Waals surface area contributed by atoms with Gasteiger partial charge in [-0.25, -0.2) is 0 Å². The molecule has 242 valence electrons. The summed E-state index contributed by atoms with van der Waals surface area (Å²) < 4.78 is 50.8. The van der Waals surface area contributed by atoms with Gasteiger partial charge in [-0.3, -0.25) is 19.2 Å². The molecule has 2 aromatic carbocycles. The predicted molar refractivity (Wildman–Crippen MR) is 189 cm³/mol. The van der Waals surface area contributed by atoms with Crippen LogP contribution in [0.25, 0.3) is 51.9 Å². The van der Waals surface area contributed by atoms with Gasteiger partial charge in [-0.05, 0) is 74.4 Å². The highest BCUT2D eigenvalue weighted by Crippen LogP contribution is 2.60.